The van der Waals surface area contributed by atoms with Crippen molar-refractivity contribution in [1.82, 2.24) is 9.55 Å². The van der Waals surface area contributed by atoms with Crippen molar-refractivity contribution in [3.8, 4) is 0 Å². The summed E-state index contributed by atoms with van der Waals surface area (Å²) in [7, 11) is 0. The molecule has 0 N–H and O–H groups in total. The van der Waals surface area contributed by atoms with Crippen molar-refractivity contribution in [2.75, 3.05) is 12.4 Å². The molecule has 0 saturated heterocycles. The molecule has 7 heteroatoms. The number of nitrogens with zero attached hydrogens (tertiary/aromatic N) is 2. The summed E-state index contributed by atoms with van der Waals surface area (Å²) in [6.07, 6.45) is 0.812. The first-order valence-electron chi connectivity index (χ1n) is 6.65. The molecule has 2 heterocycles. The van der Waals surface area contributed by atoms with E-state index >= 15 is 0 Å². The maximum atomic E-state index is 12.4. The molecule has 0 bridgehead atoms. The van der Waals surface area contributed by atoms with Gasteiger partial charge in [-0.3, -0.25) is 14.2 Å². The first-order valence-corrected chi connectivity index (χ1v) is 8.52. The predicted molar refractivity (Wildman–Crippen MR) is 80.6 cm³/mol. The molecule has 20 heavy (non-hydrogen) atoms. The van der Waals surface area contributed by atoms with Gasteiger partial charge in [0.15, 0.2) is 5.16 Å². The summed E-state index contributed by atoms with van der Waals surface area (Å²) in [6.45, 7) is 6.70. The topological polar surface area (TPSA) is 61.2 Å². The van der Waals surface area contributed by atoms with E-state index in [4.69, 9.17) is 4.74 Å². The maximum absolute atomic E-state index is 12.4. The fourth-order valence-electron chi connectivity index (χ4n) is 2.05. The van der Waals surface area contributed by atoms with Crippen LogP contribution >= 0.6 is 23.5 Å². The van der Waals surface area contributed by atoms with Crippen LogP contribution in [0.5, 0.6) is 0 Å². The lowest BCUT2D eigenvalue weighted by atomic mass is 10.2. The van der Waals surface area contributed by atoms with Gasteiger partial charge in [0.05, 0.1) is 22.9 Å². The molecule has 110 valence electrons. The number of carbonyl (C=O) groups excluding carboxylic acids is 1. The van der Waals surface area contributed by atoms with E-state index in [1.807, 2.05) is 6.92 Å². The Hall–Kier alpha value is -0.950. The fraction of sp³-hybridized carbons (Fsp3) is 0.615. The molecule has 5 nitrogen and oxygen atoms in total. The first-order chi connectivity index (χ1) is 9.56. The molecule has 1 aliphatic rings. The highest BCUT2D eigenvalue weighted by molar-refractivity contribution is 8.00. The van der Waals surface area contributed by atoms with E-state index in [2.05, 4.69) is 11.9 Å². The van der Waals surface area contributed by atoms with Crippen molar-refractivity contribution < 1.29 is 9.53 Å². The molecule has 1 aromatic rings. The van der Waals surface area contributed by atoms with E-state index in [9.17, 15) is 9.59 Å². The molecule has 0 radical (unpaired) electrons. The van der Waals surface area contributed by atoms with Crippen LogP contribution in [-0.4, -0.2) is 33.1 Å². The van der Waals surface area contributed by atoms with Gasteiger partial charge < -0.3 is 4.74 Å². The molecule has 1 aliphatic heterocycles. The Bertz CT molecular complexity index is 571. The minimum absolute atomic E-state index is 0.0122. The zero-order valence-corrected chi connectivity index (χ0v) is 13.5. The number of fused-ring (bicyclic) bond motifs is 1. The van der Waals surface area contributed by atoms with Crippen molar-refractivity contribution in [3.05, 3.63) is 16.0 Å². The highest BCUT2D eigenvalue weighted by atomic mass is 32.2. The second kappa shape index (κ2) is 6.67. The number of carbonyl (C=O) groups is 1. The SMILES string of the molecule is CCOC(=O)CSc1nc2c(c(=O)n1CC)S[C@@H](C)C2. The molecule has 1 atom stereocenters. The molecule has 0 fully saturated rings. The van der Waals surface area contributed by atoms with E-state index in [0.29, 0.717) is 23.6 Å². The monoisotopic (exact) mass is 314 g/mol. The van der Waals surface area contributed by atoms with Crippen molar-refractivity contribution in [1.29, 1.82) is 0 Å². The Kier molecular flexibility index (Phi) is 5.15. The molecule has 0 amide bonds. The van der Waals surface area contributed by atoms with E-state index < -0.39 is 0 Å². The predicted octanol–water partition coefficient (Wildman–Crippen LogP) is 1.96. The summed E-state index contributed by atoms with van der Waals surface area (Å²) in [4.78, 5) is 29.2. The molecule has 0 aromatic carbocycles. The normalized spacial score (nSPS) is 17.1. The smallest absolute Gasteiger partial charge is 0.316 e. The summed E-state index contributed by atoms with van der Waals surface area (Å²) in [5, 5.41) is 1.000. The molecule has 1 aromatic heterocycles. The van der Waals surface area contributed by atoms with Crippen LogP contribution in [0.3, 0.4) is 0 Å². The lowest BCUT2D eigenvalue weighted by Crippen LogP contribution is -2.25. The van der Waals surface area contributed by atoms with Crippen LogP contribution in [0, 0.1) is 0 Å². The average Bonchev–Trinajstić information content (AvgIpc) is 2.78. The molecular formula is C13H18N2O3S2. The second-order valence-electron chi connectivity index (χ2n) is 4.45. The van der Waals surface area contributed by atoms with Crippen LogP contribution in [0.1, 0.15) is 26.5 Å². The van der Waals surface area contributed by atoms with Gasteiger partial charge in [-0.25, -0.2) is 4.98 Å². The average molecular weight is 314 g/mol. The molecule has 0 spiro atoms. The lowest BCUT2D eigenvalue weighted by Gasteiger charge is -2.11. The quantitative estimate of drug-likeness (QED) is 0.470. The van der Waals surface area contributed by atoms with Crippen LogP contribution in [0.4, 0.5) is 0 Å². The van der Waals surface area contributed by atoms with Crippen molar-refractivity contribution in [2.45, 2.75) is 49.0 Å². The van der Waals surface area contributed by atoms with Crippen LogP contribution in [0.25, 0.3) is 0 Å². The summed E-state index contributed by atoms with van der Waals surface area (Å²) in [6, 6.07) is 0. The largest absolute Gasteiger partial charge is 0.465 e. The number of esters is 1. The third-order valence-corrected chi connectivity index (χ3v) is 5.07. The molecule has 0 saturated carbocycles. The van der Waals surface area contributed by atoms with Gasteiger partial charge in [0.2, 0.25) is 0 Å². The zero-order valence-electron chi connectivity index (χ0n) is 11.8. The number of thioether (sulfide) groups is 2. The van der Waals surface area contributed by atoms with Gasteiger partial charge in [-0.05, 0) is 13.8 Å². The van der Waals surface area contributed by atoms with E-state index in [1.54, 1.807) is 23.3 Å². The third-order valence-electron chi connectivity index (χ3n) is 2.90. The number of rotatable bonds is 5. The Morgan fingerprint density at radius 2 is 2.30 bits per heavy atom. The van der Waals surface area contributed by atoms with E-state index in [1.165, 1.54) is 11.8 Å². The number of hydrogen-bond donors (Lipinski definition) is 0. The van der Waals surface area contributed by atoms with Crippen molar-refractivity contribution >= 4 is 29.5 Å². The van der Waals surface area contributed by atoms with Crippen molar-refractivity contribution in [3.63, 3.8) is 0 Å². The summed E-state index contributed by atoms with van der Waals surface area (Å²) >= 11 is 2.86. The van der Waals surface area contributed by atoms with Crippen molar-refractivity contribution in [2.24, 2.45) is 0 Å². The summed E-state index contributed by atoms with van der Waals surface area (Å²) in [5.41, 5.74) is 0.877. The third kappa shape index (κ3) is 3.20. The van der Waals surface area contributed by atoms with Gasteiger partial charge in [0, 0.05) is 18.2 Å². The van der Waals surface area contributed by atoms with Gasteiger partial charge in [-0.1, -0.05) is 18.7 Å². The zero-order chi connectivity index (χ0) is 14.7. The highest BCUT2D eigenvalue weighted by Crippen LogP contribution is 2.34. The van der Waals surface area contributed by atoms with Gasteiger partial charge in [0.25, 0.3) is 5.56 Å². The highest BCUT2D eigenvalue weighted by Gasteiger charge is 2.26. The van der Waals surface area contributed by atoms with E-state index in [0.717, 1.165) is 17.0 Å². The molecule has 0 aliphatic carbocycles. The lowest BCUT2D eigenvalue weighted by molar-refractivity contribution is -0.139. The van der Waals surface area contributed by atoms with Gasteiger partial charge in [-0.15, -0.1) is 11.8 Å². The Morgan fingerprint density at radius 1 is 1.55 bits per heavy atom. The standard InChI is InChI=1S/C13H18N2O3S2/c1-4-15-12(17)11-9(6-8(3)20-11)14-13(15)19-7-10(16)18-5-2/h8H,4-7H2,1-3H3/t8-/m0/s1. The molecule has 0 unspecified atom stereocenters. The van der Waals surface area contributed by atoms with E-state index in [-0.39, 0.29) is 17.3 Å². The number of hydrogen-bond acceptors (Lipinski definition) is 6. The summed E-state index contributed by atoms with van der Waals surface area (Å²) in [5.74, 6) is -0.0977. The minimum atomic E-state index is -0.280. The number of aromatic nitrogens is 2. The van der Waals surface area contributed by atoms with Gasteiger partial charge >= 0.3 is 5.97 Å². The van der Waals surface area contributed by atoms with Crippen LogP contribution in [0.2, 0.25) is 0 Å². The summed E-state index contributed by atoms with van der Waals surface area (Å²) < 4.78 is 6.53. The fourth-order valence-corrected chi connectivity index (χ4v) is 4.04. The van der Waals surface area contributed by atoms with Gasteiger partial charge in [0.1, 0.15) is 0 Å². The Labute approximate surface area is 126 Å². The van der Waals surface area contributed by atoms with Crippen LogP contribution in [-0.2, 0) is 22.5 Å². The van der Waals surface area contributed by atoms with Crippen LogP contribution < -0.4 is 5.56 Å². The maximum Gasteiger partial charge on any atom is 0.316 e. The minimum Gasteiger partial charge on any atom is -0.465 e. The first kappa shape index (κ1) is 15.4. The molecular weight excluding hydrogens is 296 g/mol. The second-order valence-corrected chi connectivity index (χ2v) is 6.84. The Balaban J connectivity index is 2.25. The molecule has 2 rings (SSSR count). The van der Waals surface area contributed by atoms with Crippen LogP contribution in [0.15, 0.2) is 14.8 Å². The number of ether oxygens (including phenoxy) is 1. The van der Waals surface area contributed by atoms with Gasteiger partial charge in [-0.2, -0.15) is 0 Å². The Morgan fingerprint density at radius 3 is 2.95 bits per heavy atom.